The maximum absolute atomic E-state index is 12.1. The van der Waals surface area contributed by atoms with Crippen molar-refractivity contribution >= 4 is 12.2 Å². The summed E-state index contributed by atoms with van der Waals surface area (Å²) in [6.07, 6.45) is 12.1. The van der Waals surface area contributed by atoms with Gasteiger partial charge in [-0.2, -0.15) is 0 Å². The van der Waals surface area contributed by atoms with Crippen LogP contribution >= 0.6 is 0 Å². The Labute approximate surface area is 149 Å². The summed E-state index contributed by atoms with van der Waals surface area (Å²) in [7, 11) is 1.72. The Kier molecular flexibility index (Phi) is 12.6. The Morgan fingerprint density at radius 3 is 2.25 bits per heavy atom. The largest absolute Gasteiger partial charge is 0.359 e. The van der Waals surface area contributed by atoms with Gasteiger partial charge < -0.3 is 10.1 Å². The topological polar surface area (TPSA) is 46.2 Å². The van der Waals surface area contributed by atoms with Crippen LogP contribution in [0.25, 0.3) is 0 Å². The van der Waals surface area contributed by atoms with Gasteiger partial charge in [0.15, 0.2) is 0 Å². The Morgan fingerprint density at radius 2 is 1.75 bits per heavy atom. The van der Waals surface area contributed by atoms with Crippen LogP contribution in [-0.4, -0.2) is 19.2 Å². The molecule has 4 atom stereocenters. The minimum atomic E-state index is 0.0515. The van der Waals surface area contributed by atoms with E-state index in [1.165, 1.54) is 6.42 Å². The van der Waals surface area contributed by atoms with Crippen LogP contribution in [0.15, 0.2) is 12.2 Å². The highest BCUT2D eigenvalue weighted by atomic mass is 16.1. The Balaban J connectivity index is 4.16. The van der Waals surface area contributed by atoms with Gasteiger partial charge in [-0.15, -0.1) is 0 Å². The van der Waals surface area contributed by atoms with Crippen molar-refractivity contribution in [3.63, 3.8) is 0 Å². The van der Waals surface area contributed by atoms with Gasteiger partial charge >= 0.3 is 0 Å². The number of nitrogens with one attached hydrogen (secondary N) is 1. The van der Waals surface area contributed by atoms with Gasteiger partial charge in [-0.05, 0) is 37.0 Å². The molecule has 0 aromatic heterocycles. The van der Waals surface area contributed by atoms with Crippen molar-refractivity contribution < 1.29 is 9.59 Å². The highest BCUT2D eigenvalue weighted by Gasteiger charge is 2.27. The summed E-state index contributed by atoms with van der Waals surface area (Å²) < 4.78 is 0. The first kappa shape index (κ1) is 22.9. The van der Waals surface area contributed by atoms with Gasteiger partial charge in [0, 0.05) is 18.9 Å². The maximum atomic E-state index is 12.1. The molecule has 0 aromatic carbocycles. The molecule has 140 valence electrons. The van der Waals surface area contributed by atoms with Gasteiger partial charge in [0.1, 0.15) is 6.29 Å². The molecule has 0 spiro atoms. The van der Waals surface area contributed by atoms with E-state index in [9.17, 15) is 9.59 Å². The van der Waals surface area contributed by atoms with E-state index >= 15 is 0 Å². The van der Waals surface area contributed by atoms with Gasteiger partial charge in [0.05, 0.1) is 0 Å². The van der Waals surface area contributed by atoms with Crippen molar-refractivity contribution in [1.29, 1.82) is 0 Å². The first-order valence-corrected chi connectivity index (χ1v) is 9.72. The number of amides is 1. The minimum Gasteiger partial charge on any atom is -0.359 e. The molecule has 0 aliphatic rings. The lowest BCUT2D eigenvalue weighted by Gasteiger charge is -2.25. The monoisotopic (exact) mass is 337 g/mol. The highest BCUT2D eigenvalue weighted by molar-refractivity contribution is 5.79. The lowest BCUT2D eigenvalue weighted by atomic mass is 9.81. The van der Waals surface area contributed by atoms with Crippen molar-refractivity contribution in [2.24, 2.45) is 29.6 Å². The van der Waals surface area contributed by atoms with Crippen LogP contribution in [-0.2, 0) is 9.59 Å². The second kappa shape index (κ2) is 13.2. The molecule has 0 fully saturated rings. The zero-order valence-electron chi connectivity index (χ0n) is 16.7. The molecule has 3 nitrogen and oxygen atoms in total. The predicted octanol–water partition coefficient (Wildman–Crippen LogP) is 5.01. The predicted molar refractivity (Wildman–Crippen MR) is 103 cm³/mol. The zero-order valence-corrected chi connectivity index (χ0v) is 16.7. The molecule has 0 rings (SSSR count). The zero-order chi connectivity index (χ0) is 18.5. The fourth-order valence-corrected chi connectivity index (χ4v) is 3.24. The smallest absolute Gasteiger partial charge is 0.223 e. The normalized spacial score (nSPS) is 16.8. The molecule has 0 saturated carbocycles. The molecule has 3 heteroatoms. The third-order valence-electron chi connectivity index (χ3n) is 5.25. The Hall–Kier alpha value is -1.12. The average Bonchev–Trinajstić information content (AvgIpc) is 2.56. The molecular formula is C21H39NO2. The van der Waals surface area contributed by atoms with Crippen molar-refractivity contribution in [3.05, 3.63) is 12.2 Å². The molecule has 0 saturated heterocycles. The van der Waals surface area contributed by atoms with Crippen LogP contribution in [0.4, 0.5) is 0 Å². The molecular weight excluding hydrogens is 298 g/mol. The molecule has 0 heterocycles. The van der Waals surface area contributed by atoms with E-state index in [-0.39, 0.29) is 23.7 Å². The van der Waals surface area contributed by atoms with Crippen LogP contribution < -0.4 is 5.32 Å². The fourth-order valence-electron chi connectivity index (χ4n) is 3.24. The van der Waals surface area contributed by atoms with Crippen LogP contribution in [0.1, 0.15) is 73.1 Å². The number of hydrogen-bond acceptors (Lipinski definition) is 2. The summed E-state index contributed by atoms with van der Waals surface area (Å²) in [5.74, 6) is 1.52. The van der Waals surface area contributed by atoms with Crippen molar-refractivity contribution in [3.8, 4) is 0 Å². The molecule has 1 amide bonds. The second-order valence-corrected chi connectivity index (χ2v) is 7.49. The maximum Gasteiger partial charge on any atom is 0.223 e. The van der Waals surface area contributed by atoms with E-state index in [0.29, 0.717) is 11.8 Å². The first-order chi connectivity index (χ1) is 11.4. The van der Waals surface area contributed by atoms with E-state index in [4.69, 9.17) is 0 Å². The number of carbonyl (C=O) groups excluding carboxylic acids is 2. The summed E-state index contributed by atoms with van der Waals surface area (Å²) in [6, 6.07) is 0. The molecule has 0 radical (unpaired) electrons. The number of aldehydes is 1. The van der Waals surface area contributed by atoms with Crippen LogP contribution in [0, 0.1) is 29.6 Å². The minimum absolute atomic E-state index is 0.0515. The molecule has 0 aromatic rings. The van der Waals surface area contributed by atoms with E-state index < -0.39 is 0 Å². The average molecular weight is 338 g/mol. The summed E-state index contributed by atoms with van der Waals surface area (Å²) in [4.78, 5) is 23.1. The molecule has 3 unspecified atom stereocenters. The molecule has 1 N–H and O–H groups in total. The van der Waals surface area contributed by atoms with Crippen molar-refractivity contribution in [1.82, 2.24) is 5.32 Å². The third kappa shape index (κ3) is 8.65. The van der Waals surface area contributed by atoms with E-state index in [2.05, 4.69) is 52.1 Å². The lowest BCUT2D eigenvalue weighted by Crippen LogP contribution is -2.35. The lowest BCUT2D eigenvalue weighted by molar-refractivity contribution is -0.127. The van der Waals surface area contributed by atoms with Gasteiger partial charge in [-0.3, -0.25) is 4.79 Å². The summed E-state index contributed by atoms with van der Waals surface area (Å²) in [5.41, 5.74) is 0. The number of carbonyl (C=O) groups is 2. The van der Waals surface area contributed by atoms with Gasteiger partial charge in [-0.1, -0.05) is 66.0 Å². The van der Waals surface area contributed by atoms with E-state index in [0.717, 1.165) is 38.4 Å². The molecule has 0 aliphatic heterocycles. The third-order valence-corrected chi connectivity index (χ3v) is 5.25. The standard InChI is InChI=1S/C21H39NO2/c1-7-17(4)20(21(24)22-6)18(5)13-11-9-8-10-12-14-19(15-23)16(2)3/h11,13,15-20H,7-10,12,14H2,1-6H3,(H,22,24)/b13-11-/t17?,18?,19-,20?/m0/s1. The molecule has 24 heavy (non-hydrogen) atoms. The van der Waals surface area contributed by atoms with Gasteiger partial charge in [0.2, 0.25) is 5.91 Å². The summed E-state index contributed by atoms with van der Waals surface area (Å²) in [6.45, 7) is 10.7. The van der Waals surface area contributed by atoms with Crippen molar-refractivity contribution in [2.45, 2.75) is 73.1 Å². The number of hydrogen-bond donors (Lipinski definition) is 1. The van der Waals surface area contributed by atoms with Crippen LogP contribution in [0.5, 0.6) is 0 Å². The second-order valence-electron chi connectivity index (χ2n) is 7.49. The van der Waals surface area contributed by atoms with Gasteiger partial charge in [-0.25, -0.2) is 0 Å². The SMILES string of the molecule is CCC(C)C(C(=O)NC)C(C)/C=C\CCCCC[C@@H](C=O)C(C)C. The number of allylic oxidation sites excluding steroid dienone is 2. The summed E-state index contributed by atoms with van der Waals surface area (Å²) >= 11 is 0. The Bertz CT molecular complexity index is 376. The van der Waals surface area contributed by atoms with E-state index in [1.807, 2.05) is 0 Å². The van der Waals surface area contributed by atoms with Crippen LogP contribution in [0.2, 0.25) is 0 Å². The Morgan fingerprint density at radius 1 is 1.08 bits per heavy atom. The van der Waals surface area contributed by atoms with Gasteiger partial charge in [0.25, 0.3) is 0 Å². The molecule has 0 bridgehead atoms. The summed E-state index contributed by atoms with van der Waals surface area (Å²) in [5, 5.41) is 2.80. The number of rotatable bonds is 13. The van der Waals surface area contributed by atoms with E-state index in [1.54, 1.807) is 7.05 Å². The fraction of sp³-hybridized carbons (Fsp3) is 0.810. The highest BCUT2D eigenvalue weighted by Crippen LogP contribution is 2.25. The first-order valence-electron chi connectivity index (χ1n) is 9.72. The van der Waals surface area contributed by atoms with Crippen LogP contribution in [0.3, 0.4) is 0 Å². The molecule has 0 aliphatic carbocycles. The quantitative estimate of drug-likeness (QED) is 0.292. The van der Waals surface area contributed by atoms with Crippen molar-refractivity contribution in [2.75, 3.05) is 7.05 Å². The number of unbranched alkanes of at least 4 members (excludes halogenated alkanes) is 3.